The fourth-order valence-electron chi connectivity index (χ4n) is 4.36. The summed E-state index contributed by atoms with van der Waals surface area (Å²) in [4.78, 5) is 9.50. The van der Waals surface area contributed by atoms with Gasteiger partial charge in [-0.15, -0.1) is 0 Å². The average Bonchev–Trinajstić information content (AvgIpc) is 3.20. The second-order valence-electron chi connectivity index (χ2n) is 8.58. The molecule has 33 heavy (non-hydrogen) atoms. The highest BCUT2D eigenvalue weighted by Crippen LogP contribution is 2.41. The molecule has 0 radical (unpaired) electrons. The first-order chi connectivity index (χ1) is 16.2. The Kier molecular flexibility index (Phi) is 4.54. The van der Waals surface area contributed by atoms with Crippen LogP contribution in [-0.4, -0.2) is 33.9 Å². The van der Waals surface area contributed by atoms with E-state index in [-0.39, 0.29) is 6.04 Å². The molecular weight excluding hydrogens is 412 g/mol. The van der Waals surface area contributed by atoms with Gasteiger partial charge in [0.2, 0.25) is 0 Å². The van der Waals surface area contributed by atoms with Gasteiger partial charge in [0.05, 0.1) is 42.2 Å². The Labute approximate surface area is 190 Å². The number of nitrogens with zero attached hydrogens (tertiary/aromatic N) is 8. The molecule has 1 saturated carbocycles. The van der Waals surface area contributed by atoms with Crippen molar-refractivity contribution in [3.8, 4) is 39.8 Å². The molecule has 4 aromatic heterocycles. The first-order valence-corrected chi connectivity index (χ1v) is 11.0. The number of hydrogen-bond acceptors (Lipinski definition) is 5. The molecule has 4 heterocycles. The van der Waals surface area contributed by atoms with Gasteiger partial charge in [-0.1, -0.05) is 24.3 Å². The van der Waals surface area contributed by atoms with Crippen LogP contribution in [0.4, 0.5) is 0 Å². The van der Waals surface area contributed by atoms with Crippen LogP contribution in [0.2, 0.25) is 0 Å². The van der Waals surface area contributed by atoms with Gasteiger partial charge in [-0.2, -0.15) is 15.5 Å². The highest BCUT2D eigenvalue weighted by Gasteiger charge is 2.33. The third-order valence-electron chi connectivity index (χ3n) is 6.27. The predicted molar refractivity (Wildman–Crippen MR) is 124 cm³/mol. The van der Waals surface area contributed by atoms with Crippen LogP contribution >= 0.6 is 0 Å². The molecule has 6 rings (SSSR count). The van der Waals surface area contributed by atoms with E-state index >= 15 is 0 Å². The molecule has 5 aromatic rings. The van der Waals surface area contributed by atoms with Crippen LogP contribution in [0.15, 0.2) is 67.5 Å². The predicted octanol–water partition coefficient (Wildman–Crippen LogP) is 4.53. The Morgan fingerprint density at radius 1 is 1.03 bits per heavy atom. The van der Waals surface area contributed by atoms with Gasteiger partial charge in [-0.25, -0.2) is 9.97 Å². The molecule has 8 nitrogen and oxygen atoms in total. The quantitative estimate of drug-likeness (QED) is 0.392. The summed E-state index contributed by atoms with van der Waals surface area (Å²) in [7, 11) is 1.92. The third kappa shape index (κ3) is 3.57. The Hall–Kier alpha value is -4.25. The normalized spacial score (nSPS) is 14.4. The molecule has 8 heteroatoms. The van der Waals surface area contributed by atoms with Gasteiger partial charge in [0.25, 0.3) is 0 Å². The van der Waals surface area contributed by atoms with Crippen molar-refractivity contribution in [3.05, 3.63) is 67.5 Å². The lowest BCUT2D eigenvalue weighted by Crippen LogP contribution is -2.11. The summed E-state index contributed by atoms with van der Waals surface area (Å²) >= 11 is 0. The van der Waals surface area contributed by atoms with Gasteiger partial charge in [0, 0.05) is 49.0 Å². The van der Waals surface area contributed by atoms with Crippen LogP contribution in [0.5, 0.6) is 0 Å². The van der Waals surface area contributed by atoms with Gasteiger partial charge in [0.15, 0.2) is 0 Å². The van der Waals surface area contributed by atoms with Crippen LogP contribution in [0, 0.1) is 17.2 Å². The minimum atomic E-state index is 0.130. The Morgan fingerprint density at radius 3 is 2.55 bits per heavy atom. The first kappa shape index (κ1) is 19.4. The fraction of sp³-hybridized carbons (Fsp3) is 0.240. The number of aryl methyl sites for hydroxylation is 1. The van der Waals surface area contributed by atoms with E-state index in [9.17, 15) is 5.26 Å². The lowest BCUT2D eigenvalue weighted by molar-refractivity contribution is 0.412. The number of nitriles is 1. The zero-order valence-electron chi connectivity index (χ0n) is 18.2. The van der Waals surface area contributed by atoms with E-state index in [4.69, 9.17) is 4.98 Å². The van der Waals surface area contributed by atoms with Gasteiger partial charge >= 0.3 is 0 Å². The SMILES string of the molecule is Cn1cc(-c2ccc(-c3cc4nccn4c(-c4cnn(C(CC#N)C5CC5)c4)n3)cc2)cn1. The Morgan fingerprint density at radius 2 is 1.82 bits per heavy atom. The van der Waals surface area contributed by atoms with Crippen molar-refractivity contribution >= 4 is 5.65 Å². The summed E-state index contributed by atoms with van der Waals surface area (Å²) in [5, 5.41) is 18.1. The number of hydrogen-bond donors (Lipinski definition) is 0. The van der Waals surface area contributed by atoms with E-state index in [0.717, 1.165) is 52.3 Å². The lowest BCUT2D eigenvalue weighted by atomic mass is 10.1. The number of imidazole rings is 1. The fourth-order valence-corrected chi connectivity index (χ4v) is 4.36. The van der Waals surface area contributed by atoms with E-state index in [1.54, 1.807) is 10.9 Å². The average molecular weight is 435 g/mol. The van der Waals surface area contributed by atoms with Crippen LogP contribution < -0.4 is 0 Å². The number of rotatable bonds is 6. The van der Waals surface area contributed by atoms with Crippen molar-refractivity contribution in [2.75, 3.05) is 0 Å². The monoisotopic (exact) mass is 434 g/mol. The largest absolute Gasteiger partial charge is 0.284 e. The number of benzene rings is 1. The maximum absolute atomic E-state index is 9.25. The van der Waals surface area contributed by atoms with Gasteiger partial charge in [0.1, 0.15) is 11.5 Å². The lowest BCUT2D eigenvalue weighted by Gasteiger charge is -2.12. The first-order valence-electron chi connectivity index (χ1n) is 11.0. The summed E-state index contributed by atoms with van der Waals surface area (Å²) in [5.74, 6) is 1.33. The van der Waals surface area contributed by atoms with E-state index in [2.05, 4.69) is 45.5 Å². The van der Waals surface area contributed by atoms with Gasteiger partial charge < -0.3 is 0 Å². The highest BCUT2D eigenvalue weighted by molar-refractivity contribution is 5.72. The molecule has 0 bridgehead atoms. The standard InChI is InChI=1S/C25H22N8/c1-31-15-20(13-28-31)17-2-4-18(5-3-17)22-12-24-27-10-11-32(24)25(30-22)21-14-29-33(16-21)23(8-9-26)19-6-7-19/h2-5,10-16,19,23H,6-8H2,1H3. The molecule has 1 atom stereocenters. The van der Waals surface area contributed by atoms with Crippen LogP contribution in [-0.2, 0) is 7.05 Å². The molecule has 1 unspecified atom stereocenters. The molecule has 1 aliphatic rings. The van der Waals surface area contributed by atoms with Crippen molar-refractivity contribution < 1.29 is 0 Å². The molecule has 0 amide bonds. The van der Waals surface area contributed by atoms with Crippen LogP contribution in [0.1, 0.15) is 25.3 Å². The molecule has 1 aromatic carbocycles. The molecule has 0 saturated heterocycles. The van der Waals surface area contributed by atoms with E-state index in [1.807, 2.05) is 53.2 Å². The second kappa shape index (κ2) is 7.71. The Balaban J connectivity index is 1.38. The van der Waals surface area contributed by atoms with E-state index in [1.165, 1.54) is 0 Å². The van der Waals surface area contributed by atoms with Crippen molar-refractivity contribution in [2.24, 2.45) is 13.0 Å². The smallest absolute Gasteiger partial charge is 0.149 e. The molecule has 1 fully saturated rings. The minimum absolute atomic E-state index is 0.130. The van der Waals surface area contributed by atoms with Gasteiger partial charge in [-0.05, 0) is 24.3 Å². The van der Waals surface area contributed by atoms with Gasteiger partial charge in [-0.3, -0.25) is 13.8 Å². The van der Waals surface area contributed by atoms with E-state index in [0.29, 0.717) is 12.3 Å². The van der Waals surface area contributed by atoms with Crippen LogP contribution in [0.25, 0.3) is 39.4 Å². The minimum Gasteiger partial charge on any atom is -0.284 e. The maximum Gasteiger partial charge on any atom is 0.149 e. The number of aromatic nitrogens is 7. The molecule has 162 valence electrons. The summed E-state index contributed by atoms with van der Waals surface area (Å²) < 4.78 is 5.72. The Bertz CT molecular complexity index is 1480. The van der Waals surface area contributed by atoms with Crippen molar-refractivity contribution in [3.63, 3.8) is 0 Å². The molecule has 0 aliphatic heterocycles. The third-order valence-corrected chi connectivity index (χ3v) is 6.27. The summed E-state index contributed by atoms with van der Waals surface area (Å²) in [5.41, 5.74) is 5.80. The van der Waals surface area contributed by atoms with Crippen LogP contribution in [0.3, 0.4) is 0 Å². The van der Waals surface area contributed by atoms with Crippen molar-refractivity contribution in [1.82, 2.24) is 33.9 Å². The highest BCUT2D eigenvalue weighted by atomic mass is 15.3. The zero-order chi connectivity index (χ0) is 22.4. The maximum atomic E-state index is 9.25. The summed E-state index contributed by atoms with van der Waals surface area (Å²) in [6, 6.07) is 12.8. The van der Waals surface area contributed by atoms with E-state index < -0.39 is 0 Å². The van der Waals surface area contributed by atoms with Crippen molar-refractivity contribution in [2.45, 2.75) is 25.3 Å². The molecule has 0 N–H and O–H groups in total. The molecule has 1 aliphatic carbocycles. The molecular formula is C25H22N8. The topological polar surface area (TPSA) is 89.6 Å². The number of fused-ring (bicyclic) bond motifs is 1. The zero-order valence-corrected chi connectivity index (χ0v) is 18.2. The second-order valence-corrected chi connectivity index (χ2v) is 8.58. The summed E-state index contributed by atoms with van der Waals surface area (Å²) in [6.07, 6.45) is 14.2. The summed E-state index contributed by atoms with van der Waals surface area (Å²) in [6.45, 7) is 0. The molecule has 0 spiro atoms. The van der Waals surface area contributed by atoms with Crippen molar-refractivity contribution in [1.29, 1.82) is 5.26 Å².